The van der Waals surface area contributed by atoms with Crippen LogP contribution in [0.25, 0.3) is 0 Å². The average molecular weight is 619 g/mol. The van der Waals surface area contributed by atoms with Gasteiger partial charge >= 0.3 is 5.97 Å². The molecule has 7 rings (SSSR count). The third kappa shape index (κ3) is 5.23. The van der Waals surface area contributed by atoms with Crippen molar-refractivity contribution in [2.45, 2.75) is 76.2 Å². The molecule has 6 atom stereocenters. The van der Waals surface area contributed by atoms with Gasteiger partial charge in [0.2, 0.25) is 0 Å². The zero-order chi connectivity index (χ0) is 32.0. The number of phenols is 1. The third-order valence-electron chi connectivity index (χ3n) is 10.6. The minimum Gasteiger partial charge on any atom is -0.504 e. The molecule has 7 heteroatoms. The molecule has 2 heterocycles. The first-order chi connectivity index (χ1) is 22.3. The molecule has 0 radical (unpaired) electrons. The first kappa shape index (κ1) is 30.4. The molecule has 2 aliphatic carbocycles. The number of hydrogen-bond donors (Lipinski definition) is 1. The molecule has 1 unspecified atom stereocenters. The summed E-state index contributed by atoms with van der Waals surface area (Å²) in [7, 11) is 0. The summed E-state index contributed by atoms with van der Waals surface area (Å²) in [6.07, 6.45) is 2.76. The standard InChI is InChI=1S/C39H42N2O5/c1-25(2)23-41(35(44)19-14-27-10-6-4-7-11-27)31-17-16-30-32-22-29-15-18-33(43)37-36(29)39(30,38(31)46-37)20-21-40(32)24-34(45-26(3)42)28-12-8-5-9-13-28/h4-13,15,18,25,30-32,34,38,43H,16-17,20-24H2,1-3H3/t30-,31-,32+,34?,38-,39-/m0/s1. The lowest BCUT2D eigenvalue weighted by Crippen LogP contribution is -2.69. The number of ether oxygens (including phenoxy) is 2. The maximum atomic E-state index is 13.9. The van der Waals surface area contributed by atoms with Crippen LogP contribution >= 0.6 is 0 Å². The van der Waals surface area contributed by atoms with E-state index in [1.54, 1.807) is 6.07 Å². The molecular weight excluding hydrogens is 576 g/mol. The Kier molecular flexibility index (Phi) is 8.02. The van der Waals surface area contributed by atoms with Gasteiger partial charge < -0.3 is 19.5 Å². The Labute approximate surface area is 271 Å². The Bertz CT molecular complexity index is 1680. The molecule has 0 aromatic heterocycles. The molecule has 1 N–H and O–H groups in total. The Morgan fingerprint density at radius 3 is 2.52 bits per heavy atom. The van der Waals surface area contributed by atoms with Gasteiger partial charge in [-0.05, 0) is 73.4 Å². The fraction of sp³-hybridized carbons (Fsp3) is 0.436. The van der Waals surface area contributed by atoms with Crippen molar-refractivity contribution in [3.05, 3.63) is 95.1 Å². The van der Waals surface area contributed by atoms with Gasteiger partial charge in [-0.3, -0.25) is 14.5 Å². The van der Waals surface area contributed by atoms with Crippen molar-refractivity contribution >= 4 is 11.9 Å². The van der Waals surface area contributed by atoms with E-state index in [2.05, 4.69) is 36.7 Å². The van der Waals surface area contributed by atoms with Gasteiger partial charge in [-0.2, -0.15) is 0 Å². The highest BCUT2D eigenvalue weighted by Crippen LogP contribution is 2.64. The van der Waals surface area contributed by atoms with E-state index in [4.69, 9.17) is 9.47 Å². The molecule has 3 aromatic carbocycles. The number of carbonyl (C=O) groups excluding carboxylic acids is 2. The van der Waals surface area contributed by atoms with Crippen LogP contribution in [0.4, 0.5) is 0 Å². The lowest BCUT2D eigenvalue weighted by Gasteiger charge is -2.60. The van der Waals surface area contributed by atoms with Crippen molar-refractivity contribution in [1.82, 2.24) is 9.80 Å². The van der Waals surface area contributed by atoms with E-state index < -0.39 is 0 Å². The van der Waals surface area contributed by atoms with Gasteiger partial charge in [0.1, 0.15) is 12.2 Å². The van der Waals surface area contributed by atoms with E-state index >= 15 is 0 Å². The van der Waals surface area contributed by atoms with Gasteiger partial charge in [0.15, 0.2) is 11.5 Å². The van der Waals surface area contributed by atoms with Gasteiger partial charge in [0, 0.05) is 48.5 Å². The average Bonchev–Trinajstić information content (AvgIpc) is 3.40. The highest BCUT2D eigenvalue weighted by Gasteiger charge is 2.66. The highest BCUT2D eigenvalue weighted by atomic mass is 16.5. The van der Waals surface area contributed by atoms with Crippen LogP contribution in [-0.4, -0.2) is 64.6 Å². The summed E-state index contributed by atoms with van der Waals surface area (Å²) in [5.74, 6) is 6.86. The van der Waals surface area contributed by atoms with Crippen LogP contribution < -0.4 is 4.74 Å². The summed E-state index contributed by atoms with van der Waals surface area (Å²) in [4.78, 5) is 30.6. The summed E-state index contributed by atoms with van der Waals surface area (Å²) in [5, 5.41) is 11.1. The second-order valence-electron chi connectivity index (χ2n) is 13.8. The molecule has 46 heavy (non-hydrogen) atoms. The lowest BCUT2D eigenvalue weighted by molar-refractivity contribution is -0.151. The Balaban J connectivity index is 1.24. The molecule has 2 aliphatic heterocycles. The third-order valence-corrected chi connectivity index (χ3v) is 10.6. The molecule has 4 aliphatic rings. The number of amides is 1. The summed E-state index contributed by atoms with van der Waals surface area (Å²) >= 11 is 0. The second-order valence-corrected chi connectivity index (χ2v) is 13.8. The largest absolute Gasteiger partial charge is 0.504 e. The molecule has 2 fully saturated rings. The molecule has 1 saturated heterocycles. The number of rotatable bonds is 7. The first-order valence-corrected chi connectivity index (χ1v) is 16.6. The van der Waals surface area contributed by atoms with Crippen LogP contribution in [0, 0.1) is 23.7 Å². The number of benzene rings is 3. The van der Waals surface area contributed by atoms with Gasteiger partial charge in [0.05, 0.1) is 6.04 Å². The van der Waals surface area contributed by atoms with Crippen molar-refractivity contribution < 1.29 is 24.2 Å². The molecule has 238 valence electrons. The van der Waals surface area contributed by atoms with Gasteiger partial charge in [0.25, 0.3) is 5.91 Å². The molecule has 3 aromatic rings. The first-order valence-electron chi connectivity index (χ1n) is 16.6. The quantitative estimate of drug-likeness (QED) is 0.273. The van der Waals surface area contributed by atoms with Gasteiger partial charge in [-0.1, -0.05) is 74.4 Å². The van der Waals surface area contributed by atoms with Crippen molar-refractivity contribution in [2.24, 2.45) is 11.8 Å². The molecule has 1 amide bonds. The lowest BCUT2D eigenvalue weighted by atomic mass is 9.51. The fourth-order valence-electron chi connectivity index (χ4n) is 8.92. The van der Waals surface area contributed by atoms with Crippen molar-refractivity contribution in [2.75, 3.05) is 19.6 Å². The van der Waals surface area contributed by atoms with Crippen molar-refractivity contribution in [1.29, 1.82) is 0 Å². The van der Waals surface area contributed by atoms with Crippen LogP contribution in [0.1, 0.15) is 68.4 Å². The van der Waals surface area contributed by atoms with Gasteiger partial charge in [-0.15, -0.1) is 0 Å². The van der Waals surface area contributed by atoms with E-state index in [1.807, 2.05) is 65.6 Å². The number of phenolic OH excluding ortho intramolecular Hbond substituents is 1. The zero-order valence-electron chi connectivity index (χ0n) is 26.8. The zero-order valence-corrected chi connectivity index (χ0v) is 26.8. The molecular formula is C39H42N2O5. The molecule has 1 spiro atoms. The smallest absolute Gasteiger partial charge is 0.303 e. The monoisotopic (exact) mass is 618 g/mol. The van der Waals surface area contributed by atoms with E-state index in [-0.39, 0.29) is 59.2 Å². The number of aromatic hydroxyl groups is 1. The van der Waals surface area contributed by atoms with Crippen molar-refractivity contribution in [3.63, 3.8) is 0 Å². The highest BCUT2D eigenvalue weighted by molar-refractivity contribution is 5.94. The number of nitrogens with zero attached hydrogens (tertiary/aromatic N) is 2. The minimum absolute atomic E-state index is 0.167. The summed E-state index contributed by atoms with van der Waals surface area (Å²) in [6.45, 7) is 7.73. The molecule has 1 saturated carbocycles. The number of piperidine rings is 1. The van der Waals surface area contributed by atoms with E-state index in [0.29, 0.717) is 18.8 Å². The van der Waals surface area contributed by atoms with Crippen LogP contribution in [0.15, 0.2) is 72.8 Å². The van der Waals surface area contributed by atoms with Crippen molar-refractivity contribution in [3.8, 4) is 23.3 Å². The van der Waals surface area contributed by atoms with Crippen LogP contribution in [-0.2, 0) is 26.2 Å². The fourth-order valence-corrected chi connectivity index (χ4v) is 8.92. The van der Waals surface area contributed by atoms with E-state index in [1.165, 1.54) is 12.5 Å². The number of hydrogen-bond acceptors (Lipinski definition) is 6. The van der Waals surface area contributed by atoms with E-state index in [0.717, 1.165) is 48.9 Å². The maximum absolute atomic E-state index is 13.9. The predicted octanol–water partition coefficient (Wildman–Crippen LogP) is 5.64. The number of carbonyl (C=O) groups is 2. The second kappa shape index (κ2) is 12.1. The Morgan fingerprint density at radius 2 is 1.80 bits per heavy atom. The Morgan fingerprint density at radius 1 is 1.07 bits per heavy atom. The normalized spacial score (nSPS) is 26.3. The number of esters is 1. The summed E-state index contributed by atoms with van der Waals surface area (Å²) in [6, 6.07) is 23.5. The van der Waals surface area contributed by atoms with Crippen LogP contribution in [0.3, 0.4) is 0 Å². The van der Waals surface area contributed by atoms with Crippen LogP contribution in [0.5, 0.6) is 11.5 Å². The number of likely N-dealkylation sites (tertiary alicyclic amines) is 1. The summed E-state index contributed by atoms with van der Waals surface area (Å²) < 4.78 is 12.8. The van der Waals surface area contributed by atoms with Gasteiger partial charge in [-0.25, -0.2) is 0 Å². The SMILES string of the molecule is CC(=O)OC(CN1CC[C@]23c4c5ccc(O)c4O[C@H]2[C@@H](N(CC(C)C)C(=O)C#Cc2ccccc2)CC[C@H]3[C@H]1C5)c1ccccc1. The Hall–Kier alpha value is -4.28. The maximum Gasteiger partial charge on any atom is 0.303 e. The molecule has 2 bridgehead atoms. The van der Waals surface area contributed by atoms with E-state index in [9.17, 15) is 14.7 Å². The predicted molar refractivity (Wildman–Crippen MR) is 175 cm³/mol. The minimum atomic E-state index is -0.362. The summed E-state index contributed by atoms with van der Waals surface area (Å²) in [5.41, 5.74) is 3.84. The molecule has 7 nitrogen and oxygen atoms in total. The van der Waals surface area contributed by atoms with Crippen LogP contribution in [0.2, 0.25) is 0 Å². The topological polar surface area (TPSA) is 79.3 Å².